The van der Waals surface area contributed by atoms with Crippen LogP contribution in [-0.4, -0.2) is 11.7 Å². The molecule has 1 aliphatic heterocycles. The fraction of sp³-hybridized carbons (Fsp3) is 0.100. The van der Waals surface area contributed by atoms with Gasteiger partial charge in [0.1, 0.15) is 5.75 Å². The molecule has 0 radical (unpaired) electrons. The van der Waals surface area contributed by atoms with Gasteiger partial charge in [0.25, 0.3) is 0 Å². The molecule has 0 saturated heterocycles. The highest BCUT2D eigenvalue weighted by Gasteiger charge is 1.93. The Hall–Kier alpha value is -1.57. The van der Waals surface area contributed by atoms with Crippen molar-refractivity contribution in [2.24, 2.45) is 4.99 Å². The first-order valence-corrected chi connectivity index (χ1v) is 3.87. The maximum Gasteiger partial charge on any atom is 0.124 e. The van der Waals surface area contributed by atoms with Crippen LogP contribution in [-0.2, 0) is 0 Å². The van der Waals surface area contributed by atoms with Gasteiger partial charge < -0.3 is 5.11 Å². The van der Waals surface area contributed by atoms with E-state index < -0.39 is 0 Å². The molecule has 0 unspecified atom stereocenters. The lowest BCUT2D eigenvalue weighted by Gasteiger charge is -1.91. The molecule has 0 aliphatic carbocycles. The van der Waals surface area contributed by atoms with Gasteiger partial charge in [-0.3, -0.25) is 4.99 Å². The molecular formula is C10H9NO. The maximum atomic E-state index is 9.46. The summed E-state index contributed by atoms with van der Waals surface area (Å²) in [6, 6.07) is 5.37. The predicted octanol–water partition coefficient (Wildman–Crippen LogP) is 0.362. The van der Waals surface area contributed by atoms with Crippen LogP contribution in [0.4, 0.5) is 0 Å². The molecule has 0 atom stereocenters. The van der Waals surface area contributed by atoms with E-state index in [1.165, 1.54) is 0 Å². The van der Waals surface area contributed by atoms with Crippen LogP contribution in [0.2, 0.25) is 0 Å². The second-order valence-corrected chi connectivity index (χ2v) is 2.65. The number of nitrogens with zero attached hydrogens (tertiary/aromatic N) is 1. The molecular weight excluding hydrogens is 150 g/mol. The molecule has 2 nitrogen and oxygen atoms in total. The highest BCUT2D eigenvalue weighted by Crippen LogP contribution is 1.95. The van der Waals surface area contributed by atoms with Crippen molar-refractivity contribution in [3.05, 3.63) is 40.9 Å². The molecule has 1 heterocycles. The zero-order valence-corrected chi connectivity index (χ0v) is 6.57. The molecule has 2 heteroatoms. The molecule has 1 aromatic rings. The number of rotatable bonds is 0. The molecule has 0 fully saturated rings. The number of hydrogen-bond donors (Lipinski definition) is 1. The highest BCUT2D eigenvalue weighted by atomic mass is 16.3. The summed E-state index contributed by atoms with van der Waals surface area (Å²) < 4.78 is 0. The first-order chi connectivity index (χ1) is 5.88. The monoisotopic (exact) mass is 159 g/mol. The number of allylic oxidation sites excluding steroid dienone is 1. The molecule has 1 N–H and O–H groups in total. The lowest BCUT2D eigenvalue weighted by atomic mass is 10.2. The largest absolute Gasteiger partial charge is 0.507 e. The van der Waals surface area contributed by atoms with Crippen LogP contribution in [0.3, 0.4) is 0 Å². The summed E-state index contributed by atoms with van der Waals surface area (Å²) in [7, 11) is 0. The lowest BCUT2D eigenvalue weighted by Crippen LogP contribution is -2.24. The Labute approximate surface area is 70.2 Å². The number of hydrogen-bond acceptors (Lipinski definition) is 2. The van der Waals surface area contributed by atoms with Gasteiger partial charge >= 0.3 is 0 Å². The van der Waals surface area contributed by atoms with Crippen molar-refractivity contribution >= 4 is 6.08 Å². The number of aromatic hydroxyl groups is 1. The standard InChI is InChI=1S/C10H9NO/c12-10-6-3-5-9-8(10)4-1-2-7-11-9/h1-6,12H,7H2. The van der Waals surface area contributed by atoms with Crippen molar-refractivity contribution in [2.75, 3.05) is 6.54 Å². The van der Waals surface area contributed by atoms with Gasteiger partial charge in [-0.25, -0.2) is 0 Å². The summed E-state index contributed by atoms with van der Waals surface area (Å²) in [6.45, 7) is 0.687. The Kier molecular flexibility index (Phi) is 1.67. The predicted molar refractivity (Wildman–Crippen MR) is 47.4 cm³/mol. The van der Waals surface area contributed by atoms with Crippen molar-refractivity contribution in [1.29, 1.82) is 0 Å². The fourth-order valence-electron chi connectivity index (χ4n) is 1.23. The van der Waals surface area contributed by atoms with E-state index in [2.05, 4.69) is 4.99 Å². The van der Waals surface area contributed by atoms with E-state index in [4.69, 9.17) is 0 Å². The first kappa shape index (κ1) is 7.10. The number of benzene rings is 1. The van der Waals surface area contributed by atoms with Crippen LogP contribution < -0.4 is 10.6 Å². The molecule has 60 valence electrons. The third kappa shape index (κ3) is 1.11. The summed E-state index contributed by atoms with van der Waals surface area (Å²) in [6.07, 6.45) is 5.75. The quantitative estimate of drug-likeness (QED) is 0.582. The van der Waals surface area contributed by atoms with Crippen LogP contribution in [0.25, 0.3) is 6.08 Å². The lowest BCUT2D eigenvalue weighted by molar-refractivity contribution is 0.470. The Balaban J connectivity index is 2.87. The van der Waals surface area contributed by atoms with Crippen molar-refractivity contribution in [2.45, 2.75) is 0 Å². The molecule has 0 spiro atoms. The van der Waals surface area contributed by atoms with Gasteiger partial charge in [0, 0.05) is 5.22 Å². The van der Waals surface area contributed by atoms with E-state index >= 15 is 0 Å². The van der Waals surface area contributed by atoms with Crippen LogP contribution in [0.5, 0.6) is 5.75 Å². The summed E-state index contributed by atoms with van der Waals surface area (Å²) in [5, 5.41) is 11.1. The maximum absolute atomic E-state index is 9.46. The molecule has 0 aromatic heterocycles. The normalized spacial score (nSPS) is 14.0. The van der Waals surface area contributed by atoms with E-state index in [0.717, 1.165) is 10.6 Å². The van der Waals surface area contributed by atoms with Gasteiger partial charge in [0.2, 0.25) is 0 Å². The van der Waals surface area contributed by atoms with Gasteiger partial charge in [0.05, 0.1) is 11.9 Å². The molecule has 12 heavy (non-hydrogen) atoms. The SMILES string of the molecule is Oc1cccc2c1=CC=CCN=2. The van der Waals surface area contributed by atoms with Crippen molar-refractivity contribution in [3.8, 4) is 5.75 Å². The minimum Gasteiger partial charge on any atom is -0.507 e. The summed E-state index contributed by atoms with van der Waals surface area (Å²) in [4.78, 5) is 4.27. The number of fused-ring (bicyclic) bond motifs is 1. The van der Waals surface area contributed by atoms with E-state index in [-0.39, 0.29) is 0 Å². The van der Waals surface area contributed by atoms with Crippen LogP contribution in [0, 0.1) is 0 Å². The Morgan fingerprint density at radius 1 is 1.33 bits per heavy atom. The number of phenols is 1. The summed E-state index contributed by atoms with van der Waals surface area (Å²) >= 11 is 0. The van der Waals surface area contributed by atoms with Crippen molar-refractivity contribution in [1.82, 2.24) is 0 Å². The zero-order chi connectivity index (χ0) is 8.39. The fourth-order valence-corrected chi connectivity index (χ4v) is 1.23. The van der Waals surface area contributed by atoms with Gasteiger partial charge in [-0.2, -0.15) is 0 Å². The minimum absolute atomic E-state index is 0.294. The molecule has 0 bridgehead atoms. The average molecular weight is 159 g/mol. The second-order valence-electron chi connectivity index (χ2n) is 2.65. The average Bonchev–Trinajstić information content (AvgIpc) is 2.30. The summed E-state index contributed by atoms with van der Waals surface area (Å²) in [5.41, 5.74) is 0. The van der Waals surface area contributed by atoms with E-state index in [1.54, 1.807) is 12.1 Å². The Bertz CT molecular complexity index is 432. The third-order valence-corrected chi connectivity index (χ3v) is 1.83. The first-order valence-electron chi connectivity index (χ1n) is 3.87. The van der Waals surface area contributed by atoms with E-state index in [1.807, 2.05) is 24.3 Å². The molecule has 0 amide bonds. The Morgan fingerprint density at radius 2 is 2.25 bits per heavy atom. The number of phenolic OH excluding ortho intramolecular Hbond substituents is 1. The minimum atomic E-state index is 0.294. The van der Waals surface area contributed by atoms with Crippen molar-refractivity contribution < 1.29 is 5.11 Å². The smallest absolute Gasteiger partial charge is 0.124 e. The third-order valence-electron chi connectivity index (χ3n) is 1.83. The van der Waals surface area contributed by atoms with Gasteiger partial charge in [-0.15, -0.1) is 0 Å². The molecule has 0 saturated carbocycles. The van der Waals surface area contributed by atoms with Crippen LogP contribution in [0.1, 0.15) is 0 Å². The highest BCUT2D eigenvalue weighted by molar-refractivity contribution is 5.42. The van der Waals surface area contributed by atoms with Gasteiger partial charge in [-0.1, -0.05) is 18.2 Å². The summed E-state index contributed by atoms with van der Waals surface area (Å²) in [5.74, 6) is 0.294. The van der Waals surface area contributed by atoms with Crippen molar-refractivity contribution in [3.63, 3.8) is 0 Å². The van der Waals surface area contributed by atoms with Gasteiger partial charge in [0.15, 0.2) is 0 Å². The van der Waals surface area contributed by atoms with Gasteiger partial charge in [-0.05, 0) is 18.2 Å². The molecule has 1 aliphatic rings. The molecule has 2 rings (SSSR count). The Morgan fingerprint density at radius 3 is 3.17 bits per heavy atom. The topological polar surface area (TPSA) is 32.6 Å². The van der Waals surface area contributed by atoms with E-state index in [0.29, 0.717) is 12.3 Å². The van der Waals surface area contributed by atoms with E-state index in [9.17, 15) is 5.11 Å². The molecule has 1 aromatic carbocycles. The second kappa shape index (κ2) is 2.81. The van der Waals surface area contributed by atoms with Crippen LogP contribution >= 0.6 is 0 Å². The van der Waals surface area contributed by atoms with Crippen LogP contribution in [0.15, 0.2) is 35.3 Å². The zero-order valence-electron chi connectivity index (χ0n) is 6.57.